The second-order valence-corrected chi connectivity index (χ2v) is 6.51. The van der Waals surface area contributed by atoms with E-state index in [1.807, 2.05) is 6.92 Å². The highest BCUT2D eigenvalue weighted by Crippen LogP contribution is 2.36. The van der Waals surface area contributed by atoms with Crippen LogP contribution < -0.4 is 5.32 Å². The molecule has 1 atom stereocenters. The monoisotopic (exact) mass is 364 g/mol. The third-order valence-corrected chi connectivity index (χ3v) is 4.16. The van der Waals surface area contributed by atoms with Crippen LogP contribution in [-0.4, -0.2) is 30.6 Å². The number of benzene rings is 1. The molecule has 1 saturated heterocycles. The van der Waals surface area contributed by atoms with Crippen molar-refractivity contribution in [2.45, 2.75) is 38.4 Å². The fourth-order valence-corrected chi connectivity index (χ4v) is 3.08. The van der Waals surface area contributed by atoms with Gasteiger partial charge in [0.2, 0.25) is 0 Å². The molecule has 1 aliphatic heterocycles. The van der Waals surface area contributed by atoms with E-state index in [2.05, 4.69) is 26.1 Å². The van der Waals surface area contributed by atoms with Crippen LogP contribution in [0.4, 0.5) is 18.9 Å². The quantitative estimate of drug-likeness (QED) is 0.828. The second kappa shape index (κ2) is 7.01. The zero-order valence-electron chi connectivity index (χ0n) is 12.0. The minimum absolute atomic E-state index is 0.0292. The van der Waals surface area contributed by atoms with Gasteiger partial charge in [-0.15, -0.1) is 0 Å². The van der Waals surface area contributed by atoms with Gasteiger partial charge in [-0.3, -0.25) is 0 Å². The van der Waals surface area contributed by atoms with E-state index in [-0.39, 0.29) is 11.7 Å². The van der Waals surface area contributed by atoms with E-state index < -0.39 is 11.7 Å². The fourth-order valence-electron chi connectivity index (χ4n) is 2.72. The van der Waals surface area contributed by atoms with Crippen molar-refractivity contribution in [3.63, 3.8) is 0 Å². The fraction of sp³-hybridized carbons (Fsp3) is 0.600. The summed E-state index contributed by atoms with van der Waals surface area (Å²) >= 11 is 3.23. The number of rotatable bonds is 4. The Hall–Kier alpha value is -0.750. The Morgan fingerprint density at radius 1 is 1.24 bits per heavy atom. The topological polar surface area (TPSA) is 15.3 Å². The van der Waals surface area contributed by atoms with Crippen LogP contribution in [0, 0.1) is 0 Å². The predicted molar refractivity (Wildman–Crippen MR) is 82.5 cm³/mol. The van der Waals surface area contributed by atoms with Crippen molar-refractivity contribution >= 4 is 21.6 Å². The third kappa shape index (κ3) is 4.88. The van der Waals surface area contributed by atoms with Gasteiger partial charge in [-0.25, -0.2) is 0 Å². The molecule has 1 aliphatic rings. The Kier molecular flexibility index (Phi) is 5.54. The van der Waals surface area contributed by atoms with Gasteiger partial charge in [0, 0.05) is 22.7 Å². The zero-order chi connectivity index (χ0) is 15.5. The van der Waals surface area contributed by atoms with Crippen molar-refractivity contribution in [2.75, 3.05) is 25.0 Å². The summed E-state index contributed by atoms with van der Waals surface area (Å²) in [5, 5.41) is 3.01. The molecule has 0 amide bonds. The van der Waals surface area contributed by atoms with Gasteiger partial charge < -0.3 is 10.2 Å². The number of anilines is 1. The molecule has 0 bridgehead atoms. The summed E-state index contributed by atoms with van der Waals surface area (Å²) in [5.74, 6) is 0. The minimum Gasteiger partial charge on any atom is -0.381 e. The second-order valence-electron chi connectivity index (χ2n) is 5.59. The third-order valence-electron chi connectivity index (χ3n) is 3.67. The lowest BCUT2D eigenvalue weighted by Gasteiger charge is -2.30. The van der Waals surface area contributed by atoms with E-state index in [4.69, 9.17) is 0 Å². The molecule has 21 heavy (non-hydrogen) atoms. The van der Waals surface area contributed by atoms with E-state index in [0.717, 1.165) is 25.7 Å². The average Bonchev–Trinajstić information content (AvgIpc) is 2.38. The number of nitrogens with zero attached hydrogens (tertiary/aromatic N) is 1. The van der Waals surface area contributed by atoms with Gasteiger partial charge in [-0.2, -0.15) is 13.2 Å². The smallest absolute Gasteiger partial charge is 0.381 e. The highest BCUT2D eigenvalue weighted by molar-refractivity contribution is 9.10. The van der Waals surface area contributed by atoms with E-state index in [1.165, 1.54) is 31.4 Å². The molecule has 0 aliphatic carbocycles. The standard InChI is InChI=1S/C15H20BrF3N2/c1-11(10-21-7-3-2-4-8-21)20-14-9-12(16)5-6-13(14)15(17,18)19/h5-6,9,11,20H,2-4,7-8,10H2,1H3. The van der Waals surface area contributed by atoms with Crippen LogP contribution >= 0.6 is 15.9 Å². The Morgan fingerprint density at radius 2 is 1.90 bits per heavy atom. The molecule has 2 nitrogen and oxygen atoms in total. The molecule has 0 saturated carbocycles. The number of hydrogen-bond acceptors (Lipinski definition) is 2. The van der Waals surface area contributed by atoms with Crippen molar-refractivity contribution in [1.82, 2.24) is 4.90 Å². The Labute approximate surface area is 131 Å². The molecule has 1 fully saturated rings. The van der Waals surface area contributed by atoms with Gasteiger partial charge in [-0.05, 0) is 51.1 Å². The molecule has 1 unspecified atom stereocenters. The van der Waals surface area contributed by atoms with Crippen LogP contribution in [0.25, 0.3) is 0 Å². The van der Waals surface area contributed by atoms with Crippen LogP contribution in [0.1, 0.15) is 31.7 Å². The number of halogens is 4. The highest BCUT2D eigenvalue weighted by Gasteiger charge is 2.33. The maximum Gasteiger partial charge on any atom is 0.418 e. The molecule has 0 radical (unpaired) electrons. The SMILES string of the molecule is CC(CN1CCCCC1)Nc1cc(Br)ccc1C(F)(F)F. The Morgan fingerprint density at radius 3 is 2.52 bits per heavy atom. The summed E-state index contributed by atoms with van der Waals surface area (Å²) in [7, 11) is 0. The van der Waals surface area contributed by atoms with E-state index in [0.29, 0.717) is 4.47 Å². The molecule has 1 aromatic rings. The first kappa shape index (κ1) is 16.6. The summed E-state index contributed by atoms with van der Waals surface area (Å²) < 4.78 is 39.7. The van der Waals surface area contributed by atoms with E-state index in [1.54, 1.807) is 0 Å². The highest BCUT2D eigenvalue weighted by atomic mass is 79.9. The van der Waals surface area contributed by atoms with Crippen molar-refractivity contribution in [3.8, 4) is 0 Å². The van der Waals surface area contributed by atoms with Gasteiger partial charge >= 0.3 is 6.18 Å². The lowest BCUT2D eigenvalue weighted by Crippen LogP contribution is -2.38. The van der Waals surface area contributed by atoms with Crippen LogP contribution in [0.2, 0.25) is 0 Å². The van der Waals surface area contributed by atoms with Gasteiger partial charge in [0.05, 0.1) is 5.56 Å². The summed E-state index contributed by atoms with van der Waals surface area (Å²) in [6.07, 6.45) is -0.731. The first-order valence-corrected chi connectivity index (χ1v) is 8.01. The molecule has 1 N–H and O–H groups in total. The lowest BCUT2D eigenvalue weighted by molar-refractivity contribution is -0.137. The van der Waals surface area contributed by atoms with Crippen molar-refractivity contribution in [3.05, 3.63) is 28.2 Å². The largest absolute Gasteiger partial charge is 0.418 e. The number of likely N-dealkylation sites (tertiary alicyclic amines) is 1. The van der Waals surface area contributed by atoms with E-state index >= 15 is 0 Å². The zero-order valence-corrected chi connectivity index (χ0v) is 13.6. The first-order valence-electron chi connectivity index (χ1n) is 7.22. The van der Waals surface area contributed by atoms with Crippen LogP contribution in [-0.2, 0) is 6.18 Å². The maximum atomic E-state index is 13.0. The molecular formula is C15H20BrF3N2. The van der Waals surface area contributed by atoms with Crippen LogP contribution in [0.5, 0.6) is 0 Å². The predicted octanol–water partition coefficient (Wildman–Crippen LogP) is 4.75. The molecule has 0 aromatic heterocycles. The summed E-state index contributed by atoms with van der Waals surface area (Å²) in [5.41, 5.74) is -0.474. The normalized spacial score (nSPS) is 18.5. The minimum atomic E-state index is -4.34. The molecule has 6 heteroatoms. The molecule has 1 aromatic carbocycles. The maximum absolute atomic E-state index is 13.0. The average molecular weight is 365 g/mol. The molecule has 2 rings (SSSR count). The molecular weight excluding hydrogens is 345 g/mol. The molecule has 118 valence electrons. The Balaban J connectivity index is 2.05. The molecule has 1 heterocycles. The van der Waals surface area contributed by atoms with Crippen LogP contribution in [0.15, 0.2) is 22.7 Å². The number of nitrogens with one attached hydrogen (secondary N) is 1. The summed E-state index contributed by atoms with van der Waals surface area (Å²) in [6.45, 7) is 4.77. The van der Waals surface area contributed by atoms with Gasteiger partial charge in [0.25, 0.3) is 0 Å². The summed E-state index contributed by atoms with van der Waals surface area (Å²) in [4.78, 5) is 2.31. The van der Waals surface area contributed by atoms with Crippen molar-refractivity contribution in [2.24, 2.45) is 0 Å². The lowest BCUT2D eigenvalue weighted by atomic mass is 10.1. The summed E-state index contributed by atoms with van der Waals surface area (Å²) in [6, 6.07) is 4.00. The number of hydrogen-bond donors (Lipinski definition) is 1. The van der Waals surface area contributed by atoms with Gasteiger partial charge in [-0.1, -0.05) is 22.4 Å². The van der Waals surface area contributed by atoms with Crippen LogP contribution in [0.3, 0.4) is 0 Å². The number of alkyl halides is 3. The first-order chi connectivity index (χ1) is 9.86. The van der Waals surface area contributed by atoms with Gasteiger partial charge in [0.15, 0.2) is 0 Å². The van der Waals surface area contributed by atoms with Gasteiger partial charge in [0.1, 0.15) is 0 Å². The molecule has 0 spiro atoms. The van der Waals surface area contributed by atoms with Crippen molar-refractivity contribution in [1.29, 1.82) is 0 Å². The number of piperidine rings is 1. The van der Waals surface area contributed by atoms with Crippen molar-refractivity contribution < 1.29 is 13.2 Å². The Bertz CT molecular complexity index is 470. The van der Waals surface area contributed by atoms with E-state index in [9.17, 15) is 13.2 Å².